The number of aryl methyl sites for hydroxylation is 2. The summed E-state index contributed by atoms with van der Waals surface area (Å²) in [4.78, 5) is 6.90. The van der Waals surface area contributed by atoms with E-state index in [4.69, 9.17) is 4.52 Å². The maximum Gasteiger partial charge on any atom is 0.261 e. The topological polar surface area (TPSA) is 72.0 Å². The molecule has 7 nitrogen and oxygen atoms in total. The number of hydrogen-bond acceptors (Lipinski definition) is 6. The van der Waals surface area contributed by atoms with Crippen LogP contribution in [0.2, 0.25) is 0 Å². The van der Waals surface area contributed by atoms with Crippen molar-refractivity contribution in [2.75, 3.05) is 26.2 Å². The van der Waals surface area contributed by atoms with Crippen molar-refractivity contribution in [2.45, 2.75) is 19.9 Å². The maximum atomic E-state index is 5.40. The zero-order chi connectivity index (χ0) is 14.1. The molecule has 0 aromatic carbocycles. The molecule has 20 heavy (non-hydrogen) atoms. The number of hydrogen-bond donors (Lipinski definition) is 1. The molecule has 1 N–H and O–H groups in total. The van der Waals surface area contributed by atoms with Gasteiger partial charge in [0, 0.05) is 39.4 Å². The first kappa shape index (κ1) is 13.3. The third-order valence-corrected chi connectivity index (χ3v) is 3.76. The summed E-state index contributed by atoms with van der Waals surface area (Å²) in [6.45, 7) is 8.11. The summed E-state index contributed by atoms with van der Waals surface area (Å²) in [5.74, 6) is 1.29. The Balaban J connectivity index is 1.81. The lowest BCUT2D eigenvalue weighted by Gasteiger charge is -2.30. The van der Waals surface area contributed by atoms with E-state index in [9.17, 15) is 0 Å². The lowest BCUT2D eigenvalue weighted by atomic mass is 10.2. The molecule has 1 saturated heterocycles. The molecule has 0 bridgehead atoms. The van der Waals surface area contributed by atoms with E-state index < -0.39 is 0 Å². The summed E-state index contributed by atoms with van der Waals surface area (Å²) < 4.78 is 7.16. The van der Waals surface area contributed by atoms with Gasteiger partial charge in [-0.3, -0.25) is 9.58 Å². The molecule has 3 heterocycles. The van der Waals surface area contributed by atoms with E-state index in [0.717, 1.165) is 43.3 Å². The second kappa shape index (κ2) is 5.34. The van der Waals surface area contributed by atoms with Crippen LogP contribution in [-0.2, 0) is 7.05 Å². The summed E-state index contributed by atoms with van der Waals surface area (Å²) in [7, 11) is 1.89. The van der Waals surface area contributed by atoms with Gasteiger partial charge < -0.3 is 9.84 Å². The Morgan fingerprint density at radius 3 is 2.75 bits per heavy atom. The van der Waals surface area contributed by atoms with Gasteiger partial charge >= 0.3 is 0 Å². The molecule has 0 spiro atoms. The monoisotopic (exact) mass is 276 g/mol. The van der Waals surface area contributed by atoms with Crippen molar-refractivity contribution in [3.05, 3.63) is 17.7 Å². The van der Waals surface area contributed by atoms with Gasteiger partial charge in [0.1, 0.15) is 0 Å². The molecule has 1 aliphatic heterocycles. The van der Waals surface area contributed by atoms with Crippen molar-refractivity contribution in [1.82, 2.24) is 30.1 Å². The smallest absolute Gasteiger partial charge is 0.261 e. The number of aromatic nitrogens is 4. The molecule has 2 aromatic rings. The molecule has 0 aliphatic carbocycles. The largest absolute Gasteiger partial charge is 0.334 e. The van der Waals surface area contributed by atoms with E-state index in [1.807, 2.05) is 20.2 Å². The van der Waals surface area contributed by atoms with Gasteiger partial charge in [-0.05, 0) is 13.8 Å². The van der Waals surface area contributed by atoms with Crippen LogP contribution in [0.5, 0.6) is 0 Å². The standard InChI is InChI=1S/C13H20N6O/c1-9-11(8-18(3)16-9)13-15-12(17-20-13)10(2)19-6-4-14-5-7-19/h8,10,14H,4-7H2,1-3H3. The first-order valence-corrected chi connectivity index (χ1v) is 6.94. The minimum Gasteiger partial charge on any atom is -0.334 e. The van der Waals surface area contributed by atoms with Gasteiger partial charge in [0.2, 0.25) is 0 Å². The highest BCUT2D eigenvalue weighted by molar-refractivity contribution is 5.54. The Bertz CT molecular complexity index is 583. The van der Waals surface area contributed by atoms with Crippen molar-refractivity contribution in [1.29, 1.82) is 0 Å². The summed E-state index contributed by atoms with van der Waals surface area (Å²) in [6.07, 6.45) is 1.90. The zero-order valence-electron chi connectivity index (χ0n) is 12.1. The fraction of sp³-hybridized carbons (Fsp3) is 0.615. The van der Waals surface area contributed by atoms with Crippen LogP contribution < -0.4 is 5.32 Å². The highest BCUT2D eigenvalue weighted by atomic mass is 16.5. The normalized spacial score (nSPS) is 18.4. The van der Waals surface area contributed by atoms with E-state index in [-0.39, 0.29) is 6.04 Å². The van der Waals surface area contributed by atoms with E-state index in [1.54, 1.807) is 4.68 Å². The van der Waals surface area contributed by atoms with Gasteiger partial charge in [-0.1, -0.05) is 5.16 Å². The molecule has 0 saturated carbocycles. The molecule has 1 unspecified atom stereocenters. The molecule has 1 atom stereocenters. The van der Waals surface area contributed by atoms with Crippen LogP contribution in [0, 0.1) is 6.92 Å². The molecule has 7 heteroatoms. The molecule has 108 valence electrons. The fourth-order valence-corrected chi connectivity index (χ4v) is 2.56. The quantitative estimate of drug-likeness (QED) is 0.891. The molecule has 0 radical (unpaired) electrons. The lowest BCUT2D eigenvalue weighted by Crippen LogP contribution is -2.44. The highest BCUT2D eigenvalue weighted by Crippen LogP contribution is 2.24. The summed E-state index contributed by atoms with van der Waals surface area (Å²) >= 11 is 0. The first-order chi connectivity index (χ1) is 9.65. The van der Waals surface area contributed by atoms with Crippen LogP contribution >= 0.6 is 0 Å². The molecule has 2 aromatic heterocycles. The van der Waals surface area contributed by atoms with Gasteiger partial charge in [-0.2, -0.15) is 10.1 Å². The van der Waals surface area contributed by atoms with Gasteiger partial charge in [-0.15, -0.1) is 0 Å². The van der Waals surface area contributed by atoms with Crippen molar-refractivity contribution >= 4 is 0 Å². The number of rotatable bonds is 3. The second-order valence-electron chi connectivity index (χ2n) is 5.22. The summed E-state index contributed by atoms with van der Waals surface area (Å²) in [6, 6.07) is 0.173. The van der Waals surface area contributed by atoms with E-state index in [1.165, 1.54) is 0 Å². The van der Waals surface area contributed by atoms with Gasteiger partial charge in [-0.25, -0.2) is 0 Å². The van der Waals surface area contributed by atoms with Crippen molar-refractivity contribution in [3.63, 3.8) is 0 Å². The zero-order valence-corrected chi connectivity index (χ0v) is 12.1. The number of nitrogens with one attached hydrogen (secondary N) is 1. The van der Waals surface area contributed by atoms with Crippen LogP contribution in [0.3, 0.4) is 0 Å². The number of piperazine rings is 1. The van der Waals surface area contributed by atoms with E-state index >= 15 is 0 Å². The van der Waals surface area contributed by atoms with E-state index in [0.29, 0.717) is 5.89 Å². The van der Waals surface area contributed by atoms with Crippen LogP contribution in [0.25, 0.3) is 11.5 Å². The van der Waals surface area contributed by atoms with Gasteiger partial charge in [0.05, 0.1) is 17.3 Å². The lowest BCUT2D eigenvalue weighted by molar-refractivity contribution is 0.176. The van der Waals surface area contributed by atoms with Crippen molar-refractivity contribution in [2.24, 2.45) is 7.05 Å². The minimum absolute atomic E-state index is 0.173. The van der Waals surface area contributed by atoms with E-state index in [2.05, 4.69) is 32.4 Å². The fourth-order valence-electron chi connectivity index (χ4n) is 2.56. The summed E-state index contributed by atoms with van der Waals surface area (Å²) in [5, 5.41) is 11.8. The minimum atomic E-state index is 0.173. The van der Waals surface area contributed by atoms with Crippen molar-refractivity contribution in [3.8, 4) is 11.5 Å². The van der Waals surface area contributed by atoms with Crippen LogP contribution in [0.1, 0.15) is 24.5 Å². The van der Waals surface area contributed by atoms with Gasteiger partial charge in [0.15, 0.2) is 5.82 Å². The summed E-state index contributed by atoms with van der Waals surface area (Å²) in [5.41, 5.74) is 1.80. The van der Waals surface area contributed by atoms with Crippen LogP contribution in [0.4, 0.5) is 0 Å². The average Bonchev–Trinajstić information content (AvgIpc) is 3.05. The van der Waals surface area contributed by atoms with Crippen LogP contribution in [-0.4, -0.2) is 51.0 Å². The SMILES string of the molecule is Cc1nn(C)cc1-c1nc(C(C)N2CCNCC2)no1. The maximum absolute atomic E-state index is 5.40. The predicted octanol–water partition coefficient (Wildman–Crippen LogP) is 0.745. The second-order valence-corrected chi connectivity index (χ2v) is 5.22. The number of nitrogens with zero attached hydrogens (tertiary/aromatic N) is 5. The molecular formula is C13H20N6O. The Morgan fingerprint density at radius 2 is 2.10 bits per heavy atom. The first-order valence-electron chi connectivity index (χ1n) is 6.94. The predicted molar refractivity (Wildman–Crippen MR) is 74.1 cm³/mol. The molecule has 3 rings (SSSR count). The molecule has 0 amide bonds. The Labute approximate surface area is 118 Å². The van der Waals surface area contributed by atoms with Crippen molar-refractivity contribution < 1.29 is 4.52 Å². The third kappa shape index (κ3) is 2.46. The Kier molecular flexibility index (Phi) is 3.54. The Hall–Kier alpha value is -1.73. The van der Waals surface area contributed by atoms with Gasteiger partial charge in [0.25, 0.3) is 5.89 Å². The van der Waals surface area contributed by atoms with Crippen LogP contribution in [0.15, 0.2) is 10.7 Å². The Morgan fingerprint density at radius 1 is 1.35 bits per heavy atom. The molecule has 1 fully saturated rings. The third-order valence-electron chi connectivity index (χ3n) is 3.76. The molecule has 1 aliphatic rings. The highest BCUT2D eigenvalue weighted by Gasteiger charge is 2.23. The molecular weight excluding hydrogens is 256 g/mol. The average molecular weight is 276 g/mol.